The molecule has 106 valence electrons. The van der Waals surface area contributed by atoms with E-state index in [9.17, 15) is 0 Å². The highest BCUT2D eigenvalue weighted by Crippen LogP contribution is 2.29. The summed E-state index contributed by atoms with van der Waals surface area (Å²) in [7, 11) is 1.95. The first-order valence-corrected chi connectivity index (χ1v) is 7.61. The second kappa shape index (κ2) is 6.73. The Labute approximate surface area is 123 Å². The highest BCUT2D eigenvalue weighted by molar-refractivity contribution is 9.10. The van der Waals surface area contributed by atoms with Gasteiger partial charge in [-0.2, -0.15) is 0 Å². The van der Waals surface area contributed by atoms with Crippen LogP contribution in [-0.2, 0) is 11.3 Å². The molecule has 2 atom stereocenters. The van der Waals surface area contributed by atoms with E-state index in [4.69, 9.17) is 9.47 Å². The highest BCUT2D eigenvalue weighted by atomic mass is 79.9. The molecule has 0 aliphatic carbocycles. The average molecular weight is 328 g/mol. The normalized spacial score (nSPS) is 22.7. The minimum atomic E-state index is 0.237. The monoisotopic (exact) mass is 327 g/mol. The Balaban J connectivity index is 2.05. The van der Waals surface area contributed by atoms with Crippen LogP contribution in [0.5, 0.6) is 5.75 Å². The zero-order chi connectivity index (χ0) is 13.8. The number of nitrogens with one attached hydrogen (secondary N) is 1. The summed E-state index contributed by atoms with van der Waals surface area (Å²) in [6.07, 6.45) is 2.84. The van der Waals surface area contributed by atoms with Crippen LogP contribution in [0.3, 0.4) is 0 Å². The smallest absolute Gasteiger partial charge is 0.126 e. The summed E-state index contributed by atoms with van der Waals surface area (Å²) in [6.45, 7) is 5.65. The first-order chi connectivity index (χ1) is 9.10. The minimum absolute atomic E-state index is 0.237. The zero-order valence-corrected chi connectivity index (χ0v) is 13.4. The van der Waals surface area contributed by atoms with Gasteiger partial charge in [0, 0.05) is 16.6 Å². The van der Waals surface area contributed by atoms with Crippen molar-refractivity contribution in [1.29, 1.82) is 0 Å². The van der Waals surface area contributed by atoms with Crippen molar-refractivity contribution >= 4 is 15.9 Å². The minimum Gasteiger partial charge on any atom is -0.490 e. The van der Waals surface area contributed by atoms with Crippen LogP contribution in [0.1, 0.15) is 30.9 Å². The summed E-state index contributed by atoms with van der Waals surface area (Å²) < 4.78 is 12.9. The van der Waals surface area contributed by atoms with E-state index in [1.54, 1.807) is 0 Å². The van der Waals surface area contributed by atoms with Crippen LogP contribution in [0.25, 0.3) is 0 Å². The van der Waals surface area contributed by atoms with Gasteiger partial charge in [0.2, 0.25) is 0 Å². The van der Waals surface area contributed by atoms with Crippen LogP contribution in [0.4, 0.5) is 0 Å². The van der Waals surface area contributed by atoms with Crippen molar-refractivity contribution < 1.29 is 9.47 Å². The van der Waals surface area contributed by atoms with Gasteiger partial charge in [0.25, 0.3) is 0 Å². The summed E-state index contributed by atoms with van der Waals surface area (Å²) in [5.41, 5.74) is 2.34. The van der Waals surface area contributed by atoms with E-state index in [2.05, 4.69) is 47.2 Å². The molecule has 4 heteroatoms. The fraction of sp³-hybridized carbons (Fsp3) is 0.600. The van der Waals surface area contributed by atoms with Gasteiger partial charge < -0.3 is 14.8 Å². The van der Waals surface area contributed by atoms with Crippen LogP contribution >= 0.6 is 15.9 Å². The van der Waals surface area contributed by atoms with Gasteiger partial charge in [-0.05, 0) is 51.4 Å². The Morgan fingerprint density at radius 2 is 2.21 bits per heavy atom. The molecular weight excluding hydrogens is 306 g/mol. The number of aryl methyl sites for hydroxylation is 1. The molecule has 1 heterocycles. The predicted octanol–water partition coefficient (Wildman–Crippen LogP) is 3.42. The van der Waals surface area contributed by atoms with Crippen molar-refractivity contribution in [2.45, 2.75) is 45.4 Å². The molecule has 1 fully saturated rings. The standard InChI is InChI=1S/C15H22BrNO2/c1-10-6-13(16)7-12(8-17-3)15(10)18-9-14-5-4-11(2)19-14/h6-7,11,14,17H,4-5,8-9H2,1-3H3. The predicted molar refractivity (Wildman–Crippen MR) is 80.7 cm³/mol. The fourth-order valence-electron chi connectivity index (χ4n) is 2.51. The number of rotatable bonds is 5. The molecule has 0 aromatic heterocycles. The third-order valence-corrected chi connectivity index (χ3v) is 3.87. The Kier molecular flexibility index (Phi) is 5.25. The van der Waals surface area contributed by atoms with Gasteiger partial charge in [-0.15, -0.1) is 0 Å². The van der Waals surface area contributed by atoms with Gasteiger partial charge in [-0.1, -0.05) is 15.9 Å². The van der Waals surface area contributed by atoms with Crippen molar-refractivity contribution in [1.82, 2.24) is 5.32 Å². The molecule has 19 heavy (non-hydrogen) atoms. The third kappa shape index (κ3) is 3.94. The highest BCUT2D eigenvalue weighted by Gasteiger charge is 2.22. The Morgan fingerprint density at radius 3 is 2.84 bits per heavy atom. The lowest BCUT2D eigenvalue weighted by molar-refractivity contribution is 0.0261. The maximum atomic E-state index is 6.02. The van der Waals surface area contributed by atoms with Crippen molar-refractivity contribution in [2.75, 3.05) is 13.7 Å². The van der Waals surface area contributed by atoms with Gasteiger partial charge >= 0.3 is 0 Å². The first-order valence-electron chi connectivity index (χ1n) is 6.82. The molecule has 0 bridgehead atoms. The van der Waals surface area contributed by atoms with E-state index in [-0.39, 0.29) is 6.10 Å². The van der Waals surface area contributed by atoms with Gasteiger partial charge in [-0.25, -0.2) is 0 Å². The lowest BCUT2D eigenvalue weighted by Crippen LogP contribution is -2.19. The molecule has 2 rings (SSSR count). The number of hydrogen-bond donors (Lipinski definition) is 1. The van der Waals surface area contributed by atoms with E-state index in [0.717, 1.165) is 35.2 Å². The van der Waals surface area contributed by atoms with Crippen LogP contribution in [-0.4, -0.2) is 25.9 Å². The molecule has 2 unspecified atom stereocenters. The third-order valence-electron chi connectivity index (χ3n) is 3.42. The van der Waals surface area contributed by atoms with Crippen LogP contribution in [0, 0.1) is 6.92 Å². The molecule has 3 nitrogen and oxygen atoms in total. The zero-order valence-electron chi connectivity index (χ0n) is 11.8. The molecule has 1 aromatic rings. The van der Waals surface area contributed by atoms with Gasteiger partial charge in [-0.3, -0.25) is 0 Å². The topological polar surface area (TPSA) is 30.5 Å². The molecule has 0 radical (unpaired) electrons. The average Bonchev–Trinajstić information content (AvgIpc) is 2.74. The Morgan fingerprint density at radius 1 is 1.42 bits per heavy atom. The molecule has 1 aliphatic heterocycles. The Bertz CT molecular complexity index is 436. The van der Waals surface area contributed by atoms with Gasteiger partial charge in [0.15, 0.2) is 0 Å². The molecule has 0 saturated carbocycles. The van der Waals surface area contributed by atoms with Crippen molar-refractivity contribution in [3.05, 3.63) is 27.7 Å². The summed E-state index contributed by atoms with van der Waals surface area (Å²) in [5.74, 6) is 0.987. The largest absolute Gasteiger partial charge is 0.490 e. The SMILES string of the molecule is CNCc1cc(Br)cc(C)c1OCC1CCC(C)O1. The second-order valence-corrected chi connectivity index (χ2v) is 6.11. The number of benzene rings is 1. The van der Waals surface area contributed by atoms with Crippen LogP contribution in [0.15, 0.2) is 16.6 Å². The maximum Gasteiger partial charge on any atom is 0.126 e. The van der Waals surface area contributed by atoms with E-state index < -0.39 is 0 Å². The molecular formula is C15H22BrNO2. The quantitative estimate of drug-likeness (QED) is 0.898. The van der Waals surface area contributed by atoms with E-state index in [1.165, 1.54) is 5.56 Å². The molecule has 1 aromatic carbocycles. The second-order valence-electron chi connectivity index (χ2n) is 5.20. The number of hydrogen-bond acceptors (Lipinski definition) is 3. The van der Waals surface area contributed by atoms with Crippen LogP contribution < -0.4 is 10.1 Å². The van der Waals surface area contributed by atoms with E-state index in [1.807, 2.05) is 7.05 Å². The van der Waals surface area contributed by atoms with Crippen molar-refractivity contribution in [3.63, 3.8) is 0 Å². The summed E-state index contributed by atoms with van der Waals surface area (Å²) >= 11 is 3.53. The molecule has 1 N–H and O–H groups in total. The first kappa shape index (κ1) is 14.8. The number of ether oxygens (including phenoxy) is 2. The lowest BCUT2D eigenvalue weighted by Gasteiger charge is -2.17. The molecule has 1 saturated heterocycles. The van der Waals surface area contributed by atoms with E-state index in [0.29, 0.717) is 12.7 Å². The van der Waals surface area contributed by atoms with Gasteiger partial charge in [0.05, 0.1) is 12.2 Å². The summed E-state index contributed by atoms with van der Waals surface area (Å²) in [5, 5.41) is 3.18. The lowest BCUT2D eigenvalue weighted by atomic mass is 10.1. The number of halogens is 1. The summed E-state index contributed by atoms with van der Waals surface area (Å²) in [4.78, 5) is 0. The summed E-state index contributed by atoms with van der Waals surface area (Å²) in [6, 6.07) is 4.20. The van der Waals surface area contributed by atoms with E-state index >= 15 is 0 Å². The van der Waals surface area contributed by atoms with Gasteiger partial charge in [0.1, 0.15) is 12.4 Å². The van der Waals surface area contributed by atoms with Crippen molar-refractivity contribution in [2.24, 2.45) is 0 Å². The maximum absolute atomic E-state index is 6.02. The molecule has 1 aliphatic rings. The Hall–Kier alpha value is -0.580. The fourth-order valence-corrected chi connectivity index (χ4v) is 3.13. The van der Waals surface area contributed by atoms with Crippen LogP contribution in [0.2, 0.25) is 0 Å². The molecule has 0 amide bonds. The van der Waals surface area contributed by atoms with Crippen molar-refractivity contribution in [3.8, 4) is 5.75 Å². The molecule has 0 spiro atoms.